The Kier molecular flexibility index (Phi) is 8.32. The second-order valence-electron chi connectivity index (χ2n) is 9.17. The molecule has 8 heteroatoms. The van der Waals surface area contributed by atoms with Crippen LogP contribution in [0.2, 0.25) is 10.0 Å². The van der Waals surface area contributed by atoms with Crippen molar-refractivity contribution in [3.63, 3.8) is 0 Å². The fourth-order valence-corrected chi connectivity index (χ4v) is 5.69. The summed E-state index contributed by atoms with van der Waals surface area (Å²) >= 11 is 12.7. The average Bonchev–Trinajstić information content (AvgIpc) is 3.30. The zero-order valence-corrected chi connectivity index (χ0v) is 22.6. The van der Waals surface area contributed by atoms with Crippen LogP contribution in [0.15, 0.2) is 94.4 Å². The molecule has 0 radical (unpaired) electrons. The van der Waals surface area contributed by atoms with Crippen LogP contribution in [0.4, 0.5) is 8.78 Å². The van der Waals surface area contributed by atoms with Crippen LogP contribution in [0.3, 0.4) is 0 Å². The summed E-state index contributed by atoms with van der Waals surface area (Å²) in [5, 5.41) is 7.76. The van der Waals surface area contributed by atoms with Gasteiger partial charge in [0, 0.05) is 26.9 Å². The molecule has 0 saturated heterocycles. The Balaban J connectivity index is 1.45. The van der Waals surface area contributed by atoms with Crippen molar-refractivity contribution in [2.75, 3.05) is 0 Å². The van der Waals surface area contributed by atoms with Crippen molar-refractivity contribution < 1.29 is 13.6 Å². The zero-order valence-electron chi connectivity index (χ0n) is 20.2. The molecular weight excluding hydrogens is 545 g/mol. The molecule has 1 fully saturated rings. The molecule has 1 heterocycles. The molecule has 0 spiro atoms. The summed E-state index contributed by atoms with van der Waals surface area (Å²) in [5.74, 6) is -2.66. The van der Waals surface area contributed by atoms with Gasteiger partial charge < -0.3 is 0 Å². The lowest BCUT2D eigenvalue weighted by Gasteiger charge is -2.29. The topological polar surface area (TPSA) is 32.7 Å². The molecule has 0 aromatic heterocycles. The van der Waals surface area contributed by atoms with E-state index in [4.69, 9.17) is 28.3 Å². The van der Waals surface area contributed by atoms with Crippen LogP contribution < -0.4 is 0 Å². The number of hydrogen-bond acceptors (Lipinski definition) is 3. The van der Waals surface area contributed by atoms with Gasteiger partial charge in [0.15, 0.2) is 0 Å². The molecule has 3 aromatic rings. The van der Waals surface area contributed by atoms with Crippen molar-refractivity contribution in [2.24, 2.45) is 11.0 Å². The van der Waals surface area contributed by atoms with Crippen LogP contribution in [0, 0.1) is 5.92 Å². The minimum absolute atomic E-state index is 0.0616. The number of allylic oxidation sites excluding steroid dienone is 1. The molecule has 1 aliphatic carbocycles. The number of thioether (sulfide) groups is 1. The van der Waals surface area contributed by atoms with Gasteiger partial charge in [-0.15, -0.1) is 0 Å². The Morgan fingerprint density at radius 3 is 2.24 bits per heavy atom. The fraction of sp³-hybridized carbons (Fsp3) is 0.200. The minimum atomic E-state index is -2.47. The summed E-state index contributed by atoms with van der Waals surface area (Å²) in [6.45, 7) is 0. The molecule has 3 nitrogen and oxygen atoms in total. The lowest BCUT2D eigenvalue weighted by Crippen LogP contribution is -2.30. The van der Waals surface area contributed by atoms with E-state index in [0.717, 1.165) is 47.2 Å². The number of hydrogen-bond donors (Lipinski definition) is 0. The van der Waals surface area contributed by atoms with E-state index >= 15 is 0 Å². The van der Waals surface area contributed by atoms with E-state index in [1.807, 2.05) is 48.5 Å². The smallest absolute Gasteiger partial charge is 0.268 e. The summed E-state index contributed by atoms with van der Waals surface area (Å²) in [7, 11) is 0. The van der Waals surface area contributed by atoms with Gasteiger partial charge >= 0.3 is 0 Å². The van der Waals surface area contributed by atoms with Gasteiger partial charge in [-0.25, -0.2) is 5.01 Å². The van der Waals surface area contributed by atoms with Crippen molar-refractivity contribution in [1.82, 2.24) is 5.01 Å². The summed E-state index contributed by atoms with van der Waals surface area (Å²) in [5.41, 5.74) is 4.80. The first-order valence-corrected chi connectivity index (χ1v) is 13.9. The largest absolute Gasteiger partial charge is 0.288 e. The second-order valence-corrected chi connectivity index (χ2v) is 11.1. The monoisotopic (exact) mass is 568 g/mol. The number of nitrogens with zero attached hydrogens (tertiary/aromatic N) is 2. The number of carbonyl (C=O) groups is 1. The Hall–Kier alpha value is -2.93. The maximum atomic E-state index is 13.5. The first-order valence-electron chi connectivity index (χ1n) is 12.2. The summed E-state index contributed by atoms with van der Waals surface area (Å²) in [4.78, 5) is 14.0. The van der Waals surface area contributed by atoms with Crippen molar-refractivity contribution in [3.8, 4) is 0 Å². The van der Waals surface area contributed by atoms with Gasteiger partial charge in [0.1, 0.15) is 0 Å². The van der Waals surface area contributed by atoms with Crippen LogP contribution in [0.5, 0.6) is 0 Å². The van der Waals surface area contributed by atoms with Crippen LogP contribution >= 0.6 is 35.0 Å². The zero-order chi connectivity index (χ0) is 26.6. The number of alkyl halides is 2. The highest BCUT2D eigenvalue weighted by Gasteiger charge is 2.43. The number of amides is 1. The minimum Gasteiger partial charge on any atom is -0.268 e. The molecule has 3 aromatic carbocycles. The van der Waals surface area contributed by atoms with Gasteiger partial charge in [-0.3, -0.25) is 4.79 Å². The lowest BCUT2D eigenvalue weighted by atomic mass is 9.77. The fourth-order valence-electron chi connectivity index (χ4n) is 4.94. The third-order valence-corrected chi connectivity index (χ3v) is 7.90. The van der Waals surface area contributed by atoms with Crippen LogP contribution in [0.1, 0.15) is 42.0 Å². The predicted octanol–water partition coefficient (Wildman–Crippen LogP) is 9.14. The molecule has 0 N–H and O–H groups in total. The molecule has 2 atom stereocenters. The Morgan fingerprint density at radius 2 is 1.58 bits per heavy atom. The van der Waals surface area contributed by atoms with Gasteiger partial charge in [-0.1, -0.05) is 71.4 Å². The number of benzene rings is 3. The normalized spacial score (nSPS) is 20.3. The van der Waals surface area contributed by atoms with Gasteiger partial charge in [-0.2, -0.15) is 13.9 Å². The summed E-state index contributed by atoms with van der Waals surface area (Å²) < 4.78 is 25.2. The van der Waals surface area contributed by atoms with E-state index in [1.165, 1.54) is 6.08 Å². The maximum absolute atomic E-state index is 13.5. The van der Waals surface area contributed by atoms with E-state index < -0.39 is 5.76 Å². The third kappa shape index (κ3) is 6.20. The first kappa shape index (κ1) is 26.7. The predicted molar refractivity (Wildman–Crippen MR) is 153 cm³/mol. The molecule has 1 saturated carbocycles. The highest BCUT2D eigenvalue weighted by atomic mass is 35.5. The third-order valence-electron chi connectivity index (χ3n) is 6.67. The van der Waals surface area contributed by atoms with Gasteiger partial charge in [0.05, 0.1) is 11.8 Å². The molecular formula is C30H24Cl2F2N2OS. The van der Waals surface area contributed by atoms with E-state index in [1.54, 1.807) is 35.4 Å². The number of fused-ring (bicyclic) bond motifs is 1. The van der Waals surface area contributed by atoms with E-state index in [-0.39, 0.29) is 17.9 Å². The van der Waals surface area contributed by atoms with Crippen molar-refractivity contribution in [2.45, 2.75) is 36.0 Å². The molecule has 2 aliphatic rings. The second kappa shape index (κ2) is 11.9. The van der Waals surface area contributed by atoms with Gasteiger partial charge in [0.2, 0.25) is 0 Å². The molecule has 1 aliphatic heterocycles. The summed E-state index contributed by atoms with van der Waals surface area (Å²) in [6, 6.07) is 21.7. The molecule has 0 bridgehead atoms. The number of carbonyl (C=O) groups excluding carboxylic acids is 1. The number of halogens is 4. The van der Waals surface area contributed by atoms with Crippen molar-refractivity contribution in [1.29, 1.82) is 0 Å². The SMILES string of the molecule is O=C(/C=C/c1ccc(SC(F)F)cc1)N1N=C2/C(=C\c3ccc(Cl)cc3)CCCC2C1c1ccc(Cl)cc1. The molecule has 194 valence electrons. The molecule has 2 unspecified atom stereocenters. The molecule has 38 heavy (non-hydrogen) atoms. The van der Waals surface area contributed by atoms with E-state index in [0.29, 0.717) is 26.7 Å². The van der Waals surface area contributed by atoms with Crippen LogP contribution in [-0.4, -0.2) is 22.4 Å². The van der Waals surface area contributed by atoms with Crippen LogP contribution in [-0.2, 0) is 4.79 Å². The molecule has 1 amide bonds. The van der Waals surface area contributed by atoms with Crippen LogP contribution in [0.25, 0.3) is 12.2 Å². The van der Waals surface area contributed by atoms with Gasteiger partial charge in [-0.05, 0) is 90.1 Å². The quantitative estimate of drug-likeness (QED) is 0.219. The first-order chi connectivity index (χ1) is 18.4. The Labute approximate surface area is 234 Å². The maximum Gasteiger partial charge on any atom is 0.288 e. The van der Waals surface area contributed by atoms with Gasteiger partial charge in [0.25, 0.3) is 11.7 Å². The van der Waals surface area contributed by atoms with Crippen molar-refractivity contribution in [3.05, 3.63) is 111 Å². The number of rotatable bonds is 6. The summed E-state index contributed by atoms with van der Waals surface area (Å²) in [6.07, 6.45) is 8.09. The Morgan fingerprint density at radius 1 is 0.947 bits per heavy atom. The lowest BCUT2D eigenvalue weighted by molar-refractivity contribution is -0.128. The highest BCUT2D eigenvalue weighted by Crippen LogP contribution is 2.44. The standard InChI is InChI=1S/C30H24Cl2F2N2OS/c31-23-11-4-20(5-12-23)18-22-2-1-3-26-28(22)35-36(29(26)21-9-13-24(32)14-10-21)27(37)17-8-19-6-15-25(16-7-19)38-30(33)34/h4-18,26,29-30H,1-3H2/b17-8+,22-18-. The molecule has 5 rings (SSSR count). The highest BCUT2D eigenvalue weighted by molar-refractivity contribution is 7.99. The average molecular weight is 570 g/mol. The number of hydrazone groups is 1. The van der Waals surface area contributed by atoms with E-state index in [9.17, 15) is 13.6 Å². The Bertz CT molecular complexity index is 1390. The van der Waals surface area contributed by atoms with Crippen molar-refractivity contribution >= 4 is 58.7 Å². The van der Waals surface area contributed by atoms with E-state index in [2.05, 4.69) is 6.08 Å².